The Morgan fingerprint density at radius 3 is 1.33 bits per heavy atom. The van der Waals surface area contributed by atoms with E-state index >= 15 is 0 Å². The summed E-state index contributed by atoms with van der Waals surface area (Å²) in [6, 6.07) is 6.58. The van der Waals surface area contributed by atoms with Crippen LogP contribution in [0.2, 0.25) is 17.1 Å². The van der Waals surface area contributed by atoms with E-state index in [1.807, 2.05) is 12.1 Å². The van der Waals surface area contributed by atoms with Crippen LogP contribution in [0.25, 0.3) is 0 Å². The number of amides is 3. The largest absolute Gasteiger partial charge is 0.543 e. The minimum Gasteiger partial charge on any atom is -0.543 e. The first kappa shape index (κ1) is 75.9. The predicted octanol–water partition coefficient (Wildman–Crippen LogP) is 14.0. The first-order valence-electron chi connectivity index (χ1n) is 32.2. The van der Waals surface area contributed by atoms with E-state index in [-0.39, 0.29) is 30.8 Å². The molecule has 476 valence electrons. The number of phenolic OH excluding ortho intramolecular Hbond substituents is 1. The third-order valence-corrected chi connectivity index (χ3v) is 23.2. The summed E-state index contributed by atoms with van der Waals surface area (Å²) in [6.07, 6.45) is 33.2. The van der Waals surface area contributed by atoms with Crippen molar-refractivity contribution in [1.29, 1.82) is 0 Å². The number of benzene rings is 1. The first-order chi connectivity index (χ1) is 40.1. The van der Waals surface area contributed by atoms with Gasteiger partial charge in [-0.2, -0.15) is 0 Å². The highest BCUT2D eigenvalue weighted by Gasteiger charge is 2.43. The highest BCUT2D eigenvalue weighted by atomic mass is 33.1. The lowest BCUT2D eigenvalue weighted by molar-refractivity contribution is -0.137. The second-order valence-corrected chi connectivity index (χ2v) is 30.0. The van der Waals surface area contributed by atoms with Crippen LogP contribution in [0.5, 0.6) is 11.5 Å². The molecule has 0 bridgehead atoms. The molecule has 1 heterocycles. The van der Waals surface area contributed by atoms with E-state index in [1.165, 1.54) is 126 Å². The highest BCUT2D eigenvalue weighted by molar-refractivity contribution is 8.76. The summed E-state index contributed by atoms with van der Waals surface area (Å²) in [5, 5.41) is 13.5. The number of ether oxygens (including phenoxy) is 8. The van der Waals surface area contributed by atoms with Crippen molar-refractivity contribution in [2.75, 3.05) is 131 Å². The minimum atomic E-state index is -2.30. The Bertz CT molecular complexity index is 1690. The van der Waals surface area contributed by atoms with Gasteiger partial charge in [0, 0.05) is 70.1 Å². The molecule has 0 radical (unpaired) electrons. The van der Waals surface area contributed by atoms with Gasteiger partial charge in [0.25, 0.3) is 20.1 Å². The zero-order chi connectivity index (χ0) is 59.2. The number of methoxy groups -OCH3 is 1. The van der Waals surface area contributed by atoms with E-state index in [4.69, 9.17) is 42.3 Å². The van der Waals surface area contributed by atoms with Crippen molar-refractivity contribution in [2.24, 2.45) is 0 Å². The van der Waals surface area contributed by atoms with Crippen LogP contribution < -0.4 is 9.74 Å². The van der Waals surface area contributed by atoms with E-state index in [0.717, 1.165) is 93.3 Å². The molecule has 0 saturated carbocycles. The lowest BCUT2D eigenvalue weighted by Gasteiger charge is -2.39. The Balaban J connectivity index is 1.28. The van der Waals surface area contributed by atoms with Crippen molar-refractivity contribution in [3.8, 4) is 11.5 Å². The van der Waals surface area contributed by atoms with Crippen LogP contribution in [0.15, 0.2) is 30.4 Å². The van der Waals surface area contributed by atoms with Crippen molar-refractivity contribution in [2.45, 2.75) is 212 Å². The lowest BCUT2D eigenvalue weighted by atomic mass is 10.1. The molecular weight excluding hydrogens is 1100 g/mol. The summed E-state index contributed by atoms with van der Waals surface area (Å²) in [5.41, 5.74) is 1.62. The molecule has 0 unspecified atom stereocenters. The molecule has 0 aromatic heterocycles. The number of carbonyl (C=O) groups is 3. The quantitative estimate of drug-likeness (QED) is 0.0273. The molecule has 1 aliphatic heterocycles. The zero-order valence-corrected chi connectivity index (χ0v) is 54.8. The molecule has 1 aromatic rings. The van der Waals surface area contributed by atoms with E-state index in [2.05, 4.69) is 54.6 Å². The van der Waals surface area contributed by atoms with Gasteiger partial charge in [0.05, 0.1) is 79.3 Å². The number of rotatable bonds is 62. The topological polar surface area (TPSA) is 170 Å². The fourth-order valence-corrected chi connectivity index (χ4v) is 16.7. The molecule has 18 heteroatoms. The fourth-order valence-electron chi connectivity index (χ4n) is 9.95. The molecule has 82 heavy (non-hydrogen) atoms. The van der Waals surface area contributed by atoms with Crippen molar-refractivity contribution >= 4 is 47.6 Å². The molecule has 15 nitrogen and oxygen atoms in total. The summed E-state index contributed by atoms with van der Waals surface area (Å²) < 4.78 is 51.4. The van der Waals surface area contributed by atoms with Crippen molar-refractivity contribution < 1.29 is 61.8 Å². The van der Waals surface area contributed by atoms with Crippen LogP contribution in [0.1, 0.15) is 194 Å². The number of hydrogen-bond donors (Lipinski definition) is 2. The van der Waals surface area contributed by atoms with Crippen LogP contribution in [-0.4, -0.2) is 167 Å². The SMILES string of the molecule is COCCOCCOCCOCCCCCCCCCCCSSCCCCCCCCCCCOCCOCCOCCOCCCCCCc1cc(O[Si](CCCCC(=O)NCCN2C(=O)C=CC2=O)(C(C)C)C(C)C)ccc1O. The van der Waals surface area contributed by atoms with Crippen LogP contribution >= 0.6 is 21.6 Å². The lowest BCUT2D eigenvalue weighted by Crippen LogP contribution is -2.47. The standard InChI is InChI=1S/C64H116N2O13S2Si/c1-57(2)82(58(3)4,55-29-23-31-62(68)65-36-37-66-63(69)34-35-64(66)70)79-60-32-33-61(67)59(56-60)30-22-16-19-26-40-74-45-48-78-52-51-77-47-44-73-39-25-18-13-9-7-11-15-21-28-54-81-80-53-27-20-14-10-6-8-12-17-24-38-72-43-46-76-50-49-75-42-41-71-5/h32-35,56-58,67H,6-31,36-55H2,1-5H3,(H,65,68). The number of carbonyl (C=O) groups excluding carboxylic acids is 3. The maximum Gasteiger partial charge on any atom is 0.256 e. The molecule has 3 amide bonds. The molecule has 2 N–H and O–H groups in total. The van der Waals surface area contributed by atoms with E-state index < -0.39 is 8.32 Å². The van der Waals surface area contributed by atoms with Gasteiger partial charge in [0.2, 0.25) is 5.91 Å². The van der Waals surface area contributed by atoms with Crippen LogP contribution in [0, 0.1) is 0 Å². The summed E-state index contributed by atoms with van der Waals surface area (Å²) in [7, 11) is 3.55. The average molecular weight is 1210 g/mol. The molecule has 0 atom stereocenters. The molecule has 0 aliphatic carbocycles. The summed E-state index contributed by atoms with van der Waals surface area (Å²) in [6.45, 7) is 19.0. The second-order valence-electron chi connectivity index (χ2n) is 22.3. The second kappa shape index (κ2) is 54.2. The van der Waals surface area contributed by atoms with Crippen molar-refractivity contribution in [3.63, 3.8) is 0 Å². The smallest absolute Gasteiger partial charge is 0.256 e. The monoisotopic (exact) mass is 1210 g/mol. The van der Waals surface area contributed by atoms with E-state index in [1.54, 1.807) is 13.2 Å². The van der Waals surface area contributed by atoms with Gasteiger partial charge in [-0.1, -0.05) is 158 Å². The first-order valence-corrected chi connectivity index (χ1v) is 36.9. The number of phenols is 1. The van der Waals surface area contributed by atoms with Gasteiger partial charge in [-0.15, -0.1) is 0 Å². The van der Waals surface area contributed by atoms with E-state index in [0.29, 0.717) is 109 Å². The minimum absolute atomic E-state index is 0.0814. The fraction of sp³-hybridized carbons (Fsp3) is 0.828. The Hall–Kier alpha value is -2.23. The molecule has 0 spiro atoms. The van der Waals surface area contributed by atoms with Gasteiger partial charge in [0.1, 0.15) is 11.5 Å². The summed E-state index contributed by atoms with van der Waals surface area (Å²) in [5.74, 6) is 2.96. The van der Waals surface area contributed by atoms with Crippen molar-refractivity contribution in [1.82, 2.24) is 10.2 Å². The zero-order valence-electron chi connectivity index (χ0n) is 52.2. The molecule has 1 aromatic carbocycles. The van der Waals surface area contributed by atoms with Gasteiger partial charge in [-0.25, -0.2) is 0 Å². The third kappa shape index (κ3) is 41.0. The molecule has 0 fully saturated rings. The number of nitrogens with one attached hydrogen (secondary N) is 1. The van der Waals surface area contributed by atoms with Crippen LogP contribution in [0.3, 0.4) is 0 Å². The van der Waals surface area contributed by atoms with Gasteiger partial charge >= 0.3 is 0 Å². The van der Waals surface area contributed by atoms with Gasteiger partial charge in [-0.05, 0) is 92.3 Å². The summed E-state index contributed by atoms with van der Waals surface area (Å²) >= 11 is 0. The Morgan fingerprint density at radius 1 is 0.512 bits per heavy atom. The number of hydrogen-bond acceptors (Lipinski definition) is 15. The number of aromatic hydroxyl groups is 1. The Kier molecular flexibility index (Phi) is 50.1. The van der Waals surface area contributed by atoms with Gasteiger partial charge < -0.3 is 52.7 Å². The maximum atomic E-state index is 12.5. The van der Waals surface area contributed by atoms with E-state index in [9.17, 15) is 19.5 Å². The number of unbranched alkanes of at least 4 members (excludes halogenated alkanes) is 20. The summed E-state index contributed by atoms with van der Waals surface area (Å²) in [4.78, 5) is 37.1. The molecule has 2 rings (SSSR count). The predicted molar refractivity (Wildman–Crippen MR) is 340 cm³/mol. The molecular formula is C64H116N2O13S2Si. The number of nitrogens with zero attached hydrogens (tertiary/aromatic N) is 1. The van der Waals surface area contributed by atoms with Crippen LogP contribution in [-0.2, 0) is 58.7 Å². The Labute approximate surface area is 507 Å². The van der Waals surface area contributed by atoms with Gasteiger partial charge in [0.15, 0.2) is 0 Å². The normalized spacial score (nSPS) is 12.8. The Morgan fingerprint density at radius 2 is 0.902 bits per heavy atom. The average Bonchev–Trinajstić information content (AvgIpc) is 3.97. The third-order valence-electron chi connectivity index (χ3n) is 15.0. The highest BCUT2D eigenvalue weighted by Crippen LogP contribution is 2.40. The maximum absolute atomic E-state index is 12.5. The molecule has 0 saturated heterocycles. The molecule has 1 aliphatic rings. The number of aryl methyl sites for hydroxylation is 1. The van der Waals surface area contributed by atoms with Crippen molar-refractivity contribution in [3.05, 3.63) is 35.9 Å². The number of imide groups is 1. The van der Waals surface area contributed by atoms with Gasteiger partial charge in [-0.3, -0.25) is 19.3 Å². The van der Waals surface area contributed by atoms with Crippen LogP contribution in [0.4, 0.5) is 0 Å².